The third-order valence-electron chi connectivity index (χ3n) is 4.76. The van der Waals surface area contributed by atoms with Crippen LogP contribution in [0.25, 0.3) is 21.1 Å². The third-order valence-corrected chi connectivity index (χ3v) is 7.44. The van der Waals surface area contributed by atoms with Crippen molar-refractivity contribution in [2.75, 3.05) is 0 Å². The van der Waals surface area contributed by atoms with Gasteiger partial charge in [-0.05, 0) is 50.2 Å². The molecule has 1 N–H and O–H groups in total. The minimum absolute atomic E-state index is 0.0268. The molecule has 2 aromatic carbocycles. The van der Waals surface area contributed by atoms with Crippen LogP contribution < -0.4 is 0 Å². The van der Waals surface area contributed by atoms with Crippen LogP contribution >= 0.6 is 45.9 Å². The van der Waals surface area contributed by atoms with E-state index < -0.39 is 17.7 Å². The van der Waals surface area contributed by atoms with Crippen molar-refractivity contribution in [1.82, 2.24) is 9.97 Å². The summed E-state index contributed by atoms with van der Waals surface area (Å²) in [6, 6.07) is 8.91. The highest BCUT2D eigenvalue weighted by Gasteiger charge is 2.21. The fourth-order valence-corrected chi connectivity index (χ4v) is 5.38. The van der Waals surface area contributed by atoms with Gasteiger partial charge in [0, 0.05) is 27.3 Å². The molecule has 1 atom stereocenters. The van der Waals surface area contributed by atoms with E-state index in [-0.39, 0.29) is 16.5 Å². The number of rotatable bonds is 5. The number of thiazole rings is 2. The molecule has 160 valence electrons. The Balaban J connectivity index is 1.58. The summed E-state index contributed by atoms with van der Waals surface area (Å²) in [4.78, 5) is 11.0. The molecule has 1 unspecified atom stereocenters. The Bertz CT molecular complexity index is 1270. The highest BCUT2D eigenvalue weighted by Crippen LogP contribution is 2.35. The van der Waals surface area contributed by atoms with E-state index >= 15 is 0 Å². The van der Waals surface area contributed by atoms with E-state index in [0.29, 0.717) is 21.3 Å². The Kier molecular flexibility index (Phi) is 6.42. The monoisotopic (exact) mass is 496 g/mol. The van der Waals surface area contributed by atoms with Gasteiger partial charge < -0.3 is 5.11 Å². The molecule has 0 saturated heterocycles. The normalized spacial score (nSPS) is 12.4. The van der Waals surface area contributed by atoms with Crippen LogP contribution in [-0.2, 0) is 6.42 Å². The first kappa shape index (κ1) is 22.3. The van der Waals surface area contributed by atoms with E-state index in [1.807, 2.05) is 13.8 Å². The van der Waals surface area contributed by atoms with E-state index in [9.17, 15) is 13.9 Å². The van der Waals surface area contributed by atoms with E-state index in [1.54, 1.807) is 18.2 Å². The van der Waals surface area contributed by atoms with E-state index in [2.05, 4.69) is 9.97 Å². The first-order valence-corrected chi connectivity index (χ1v) is 11.6. The molecule has 0 aliphatic rings. The van der Waals surface area contributed by atoms with Gasteiger partial charge >= 0.3 is 0 Å². The summed E-state index contributed by atoms with van der Waals surface area (Å²) in [5.41, 5.74) is 2.71. The summed E-state index contributed by atoms with van der Waals surface area (Å²) in [5.74, 6) is -0.970. The Morgan fingerprint density at radius 2 is 1.39 bits per heavy atom. The van der Waals surface area contributed by atoms with Crippen molar-refractivity contribution in [3.63, 3.8) is 0 Å². The summed E-state index contributed by atoms with van der Waals surface area (Å²) < 4.78 is 26.9. The van der Waals surface area contributed by atoms with Gasteiger partial charge in [-0.1, -0.05) is 23.2 Å². The minimum Gasteiger partial charge on any atom is -0.386 e. The average molecular weight is 497 g/mol. The van der Waals surface area contributed by atoms with Gasteiger partial charge in [0.15, 0.2) is 0 Å². The largest absolute Gasteiger partial charge is 0.386 e. The molecule has 2 heterocycles. The highest BCUT2D eigenvalue weighted by molar-refractivity contribution is 7.15. The van der Waals surface area contributed by atoms with Crippen molar-refractivity contribution in [3.05, 3.63) is 79.2 Å². The van der Waals surface area contributed by atoms with Crippen molar-refractivity contribution in [2.24, 2.45) is 0 Å². The van der Waals surface area contributed by atoms with Crippen LogP contribution in [0.1, 0.15) is 27.2 Å². The molecular weight excluding hydrogens is 481 g/mol. The molecule has 0 radical (unpaired) electrons. The number of benzene rings is 2. The summed E-state index contributed by atoms with van der Waals surface area (Å²) in [6.07, 6.45) is -0.572. The molecule has 3 nitrogen and oxygen atoms in total. The smallest absolute Gasteiger partial charge is 0.141 e. The van der Waals surface area contributed by atoms with Crippen LogP contribution in [0.5, 0.6) is 0 Å². The van der Waals surface area contributed by atoms with Gasteiger partial charge in [0.1, 0.15) is 27.8 Å². The molecule has 2 aromatic heterocycles. The summed E-state index contributed by atoms with van der Waals surface area (Å²) in [6.45, 7) is 3.80. The van der Waals surface area contributed by atoms with Gasteiger partial charge in [0.05, 0.1) is 21.4 Å². The Labute approximate surface area is 196 Å². The number of halogens is 4. The predicted octanol–water partition coefficient (Wildman–Crippen LogP) is 7.41. The van der Waals surface area contributed by atoms with Crippen LogP contribution in [0, 0.1) is 25.5 Å². The third kappa shape index (κ3) is 4.66. The topological polar surface area (TPSA) is 46.0 Å². The summed E-state index contributed by atoms with van der Waals surface area (Å²) in [5, 5.41) is 12.3. The van der Waals surface area contributed by atoms with Crippen molar-refractivity contribution < 1.29 is 13.9 Å². The maximum atomic E-state index is 13.5. The quantitative estimate of drug-likeness (QED) is 0.312. The second-order valence-electron chi connectivity index (χ2n) is 6.96. The Hall–Kier alpha value is -1.90. The maximum absolute atomic E-state index is 13.5. The molecule has 0 bridgehead atoms. The fourth-order valence-electron chi connectivity index (χ4n) is 3.12. The molecule has 9 heteroatoms. The molecule has 4 aromatic rings. The molecule has 0 aliphatic carbocycles. The molecule has 31 heavy (non-hydrogen) atoms. The number of hydrogen-bond acceptors (Lipinski definition) is 5. The van der Waals surface area contributed by atoms with Crippen molar-refractivity contribution >= 4 is 45.9 Å². The van der Waals surface area contributed by atoms with Gasteiger partial charge in [0.2, 0.25) is 0 Å². The zero-order valence-corrected chi connectivity index (χ0v) is 19.6. The standard InChI is InChI=1S/C22H16Cl2F2N2OS2/c1-10-18(27-21(30-10)12-3-5-16(25)14(23)7-12)9-19(29)20-11(2)31-22(28-20)13-4-6-17(26)15(24)8-13/h3-8,19,29H,9H2,1-2H3. The van der Waals surface area contributed by atoms with Crippen molar-refractivity contribution in [2.45, 2.75) is 26.4 Å². The first-order valence-electron chi connectivity index (χ1n) is 9.25. The fraction of sp³-hybridized carbons (Fsp3) is 0.182. The molecular formula is C22H16Cl2F2N2OS2. The zero-order valence-electron chi connectivity index (χ0n) is 16.4. The lowest BCUT2D eigenvalue weighted by Gasteiger charge is -2.08. The van der Waals surface area contributed by atoms with Crippen LogP contribution in [0.3, 0.4) is 0 Å². The summed E-state index contributed by atoms with van der Waals surface area (Å²) >= 11 is 14.6. The maximum Gasteiger partial charge on any atom is 0.141 e. The molecule has 4 rings (SSSR count). The van der Waals surface area contributed by atoms with Crippen LogP contribution in [-0.4, -0.2) is 15.1 Å². The van der Waals surface area contributed by atoms with E-state index in [1.165, 1.54) is 40.9 Å². The van der Waals surface area contributed by atoms with Crippen LogP contribution in [0.15, 0.2) is 36.4 Å². The minimum atomic E-state index is -0.855. The number of aliphatic hydroxyl groups excluding tert-OH is 1. The molecule has 0 fully saturated rings. The molecule has 0 aliphatic heterocycles. The lowest BCUT2D eigenvalue weighted by atomic mass is 10.1. The van der Waals surface area contributed by atoms with Gasteiger partial charge in [-0.3, -0.25) is 0 Å². The Morgan fingerprint density at radius 3 is 1.94 bits per heavy atom. The van der Waals surface area contributed by atoms with E-state index in [0.717, 1.165) is 21.0 Å². The SMILES string of the molecule is Cc1sc(-c2ccc(F)c(Cl)c2)nc1CC(O)c1nc(-c2ccc(F)c(Cl)c2)sc1C. The second-order valence-corrected chi connectivity index (χ2v) is 10.2. The van der Waals surface area contributed by atoms with E-state index in [4.69, 9.17) is 23.2 Å². The zero-order chi connectivity index (χ0) is 22.3. The first-order chi connectivity index (χ1) is 14.7. The number of aromatic nitrogens is 2. The molecule has 0 spiro atoms. The lowest BCUT2D eigenvalue weighted by Crippen LogP contribution is -2.05. The van der Waals surface area contributed by atoms with Gasteiger partial charge in [0.25, 0.3) is 0 Å². The predicted molar refractivity (Wildman–Crippen MR) is 123 cm³/mol. The number of nitrogens with zero attached hydrogens (tertiary/aromatic N) is 2. The van der Waals surface area contributed by atoms with Gasteiger partial charge in [-0.25, -0.2) is 18.7 Å². The Morgan fingerprint density at radius 1 is 0.871 bits per heavy atom. The summed E-state index contributed by atoms with van der Waals surface area (Å²) in [7, 11) is 0. The lowest BCUT2D eigenvalue weighted by molar-refractivity contribution is 0.172. The number of aliphatic hydroxyl groups is 1. The highest BCUT2D eigenvalue weighted by atomic mass is 35.5. The average Bonchev–Trinajstić information content (AvgIpc) is 3.29. The van der Waals surface area contributed by atoms with Crippen molar-refractivity contribution in [1.29, 1.82) is 0 Å². The molecule has 0 saturated carbocycles. The van der Waals surface area contributed by atoms with Crippen LogP contribution in [0.4, 0.5) is 8.78 Å². The van der Waals surface area contributed by atoms with Crippen molar-refractivity contribution in [3.8, 4) is 21.1 Å². The van der Waals surface area contributed by atoms with Gasteiger partial charge in [-0.15, -0.1) is 22.7 Å². The van der Waals surface area contributed by atoms with Gasteiger partial charge in [-0.2, -0.15) is 0 Å². The van der Waals surface area contributed by atoms with Crippen LogP contribution in [0.2, 0.25) is 10.0 Å². The number of hydrogen-bond donors (Lipinski definition) is 1. The second kappa shape index (κ2) is 8.92. The number of aryl methyl sites for hydroxylation is 2. The molecule has 0 amide bonds.